The molecule has 2 nitrogen and oxygen atoms in total. The van der Waals surface area contributed by atoms with E-state index in [1.54, 1.807) is 0 Å². The normalized spacial score (nSPS) is 11.3. The predicted molar refractivity (Wildman–Crippen MR) is 204 cm³/mol. The van der Waals surface area contributed by atoms with E-state index in [0.717, 1.165) is 22.7 Å². The van der Waals surface area contributed by atoms with E-state index in [2.05, 4.69) is 204 Å². The van der Waals surface area contributed by atoms with Crippen LogP contribution in [0, 0.1) is 0 Å². The molecular weight excluding hydrogens is 581 g/mol. The van der Waals surface area contributed by atoms with E-state index in [0.29, 0.717) is 0 Å². The van der Waals surface area contributed by atoms with Crippen LogP contribution < -0.4 is 4.90 Å². The first-order chi connectivity index (χ1) is 23.8. The third kappa shape index (κ3) is 4.92. The van der Waals surface area contributed by atoms with E-state index in [1.807, 2.05) is 0 Å². The lowest BCUT2D eigenvalue weighted by atomic mass is 10.0. The summed E-state index contributed by atoms with van der Waals surface area (Å²) in [7, 11) is 0. The van der Waals surface area contributed by atoms with Crippen molar-refractivity contribution in [1.29, 1.82) is 0 Å². The zero-order chi connectivity index (χ0) is 31.9. The summed E-state index contributed by atoms with van der Waals surface area (Å²) in [4.78, 5) is 2.37. The minimum Gasteiger partial charge on any atom is -0.310 e. The minimum absolute atomic E-state index is 1.11. The van der Waals surface area contributed by atoms with Gasteiger partial charge in [0.25, 0.3) is 0 Å². The first kappa shape index (κ1) is 27.9. The second-order valence-electron chi connectivity index (χ2n) is 12.2. The summed E-state index contributed by atoms with van der Waals surface area (Å²) in [6.45, 7) is 0. The number of fused-ring (bicyclic) bond motifs is 4. The van der Waals surface area contributed by atoms with Crippen molar-refractivity contribution in [3.05, 3.63) is 194 Å². The Morgan fingerprint density at radius 2 is 0.833 bits per heavy atom. The number of aromatic nitrogens is 1. The van der Waals surface area contributed by atoms with Gasteiger partial charge in [0.05, 0.1) is 11.0 Å². The number of para-hydroxylation sites is 2. The third-order valence-corrected chi connectivity index (χ3v) is 9.37. The van der Waals surface area contributed by atoms with Gasteiger partial charge in [-0.15, -0.1) is 0 Å². The molecule has 0 N–H and O–H groups in total. The number of hydrogen-bond donors (Lipinski definition) is 0. The first-order valence-electron chi connectivity index (χ1n) is 16.4. The number of anilines is 3. The Morgan fingerprint density at radius 3 is 1.56 bits per heavy atom. The quantitative estimate of drug-likeness (QED) is 0.181. The van der Waals surface area contributed by atoms with Crippen LogP contribution in [-0.2, 0) is 0 Å². The van der Waals surface area contributed by atoms with Gasteiger partial charge in [0.1, 0.15) is 0 Å². The molecule has 0 spiro atoms. The average molecular weight is 613 g/mol. The molecule has 2 heteroatoms. The molecule has 9 rings (SSSR count). The fourth-order valence-electron chi connectivity index (χ4n) is 7.01. The lowest BCUT2D eigenvalue weighted by Gasteiger charge is -2.26. The summed E-state index contributed by atoms with van der Waals surface area (Å²) in [5.74, 6) is 0. The first-order valence-corrected chi connectivity index (χ1v) is 16.4. The zero-order valence-corrected chi connectivity index (χ0v) is 26.4. The predicted octanol–water partition coefficient (Wildman–Crippen LogP) is 12.7. The second-order valence-corrected chi connectivity index (χ2v) is 12.2. The van der Waals surface area contributed by atoms with Gasteiger partial charge in [-0.25, -0.2) is 0 Å². The van der Waals surface area contributed by atoms with Gasteiger partial charge in [-0.05, 0) is 99.8 Å². The summed E-state index contributed by atoms with van der Waals surface area (Å²) >= 11 is 0. The molecule has 1 heterocycles. The van der Waals surface area contributed by atoms with E-state index in [-0.39, 0.29) is 0 Å². The van der Waals surface area contributed by atoms with Gasteiger partial charge in [-0.2, -0.15) is 0 Å². The smallest absolute Gasteiger partial charge is 0.0542 e. The Morgan fingerprint density at radius 1 is 0.312 bits per heavy atom. The maximum atomic E-state index is 2.37. The molecule has 1 aromatic heterocycles. The second kappa shape index (κ2) is 11.8. The largest absolute Gasteiger partial charge is 0.310 e. The molecule has 48 heavy (non-hydrogen) atoms. The summed E-state index contributed by atoms with van der Waals surface area (Å²) in [5, 5.41) is 4.98. The highest BCUT2D eigenvalue weighted by atomic mass is 15.1. The van der Waals surface area contributed by atoms with E-state index in [9.17, 15) is 0 Å². The van der Waals surface area contributed by atoms with Crippen LogP contribution >= 0.6 is 0 Å². The van der Waals surface area contributed by atoms with Crippen molar-refractivity contribution in [3.8, 4) is 27.9 Å². The number of rotatable bonds is 6. The lowest BCUT2D eigenvalue weighted by molar-refractivity contribution is 1.18. The average Bonchev–Trinajstić information content (AvgIpc) is 3.50. The van der Waals surface area contributed by atoms with Gasteiger partial charge in [0.15, 0.2) is 0 Å². The molecule has 0 aliphatic carbocycles. The molecule has 0 bridgehead atoms. The van der Waals surface area contributed by atoms with Crippen molar-refractivity contribution in [2.45, 2.75) is 0 Å². The van der Waals surface area contributed by atoms with Crippen LogP contribution in [0.5, 0.6) is 0 Å². The van der Waals surface area contributed by atoms with Gasteiger partial charge in [0, 0.05) is 33.5 Å². The van der Waals surface area contributed by atoms with Crippen LogP contribution in [0.1, 0.15) is 0 Å². The summed E-state index contributed by atoms with van der Waals surface area (Å²) < 4.78 is 2.37. The topological polar surface area (TPSA) is 8.17 Å². The Balaban J connectivity index is 1.18. The summed E-state index contributed by atoms with van der Waals surface area (Å²) in [6.07, 6.45) is 0. The van der Waals surface area contributed by atoms with Crippen molar-refractivity contribution < 1.29 is 0 Å². The monoisotopic (exact) mass is 612 g/mol. The summed E-state index contributed by atoms with van der Waals surface area (Å²) in [5.41, 5.74) is 11.7. The van der Waals surface area contributed by atoms with Gasteiger partial charge in [0.2, 0.25) is 0 Å². The van der Waals surface area contributed by atoms with Crippen molar-refractivity contribution in [3.63, 3.8) is 0 Å². The van der Waals surface area contributed by atoms with Crippen LogP contribution in [0.25, 0.3) is 60.5 Å². The van der Waals surface area contributed by atoms with E-state index < -0.39 is 0 Å². The molecule has 0 saturated carbocycles. The highest BCUT2D eigenvalue weighted by Crippen LogP contribution is 2.40. The molecule has 226 valence electrons. The third-order valence-electron chi connectivity index (χ3n) is 9.37. The maximum absolute atomic E-state index is 2.37. The summed E-state index contributed by atoms with van der Waals surface area (Å²) in [6, 6.07) is 69.9. The molecule has 0 atom stereocenters. The fraction of sp³-hybridized carbons (Fsp3) is 0. The van der Waals surface area contributed by atoms with Crippen molar-refractivity contribution >= 4 is 49.6 Å². The molecule has 8 aromatic carbocycles. The van der Waals surface area contributed by atoms with Crippen LogP contribution in [0.2, 0.25) is 0 Å². The van der Waals surface area contributed by atoms with Crippen molar-refractivity contribution in [1.82, 2.24) is 4.57 Å². The number of hydrogen-bond acceptors (Lipinski definition) is 1. The van der Waals surface area contributed by atoms with Crippen LogP contribution in [-0.4, -0.2) is 4.57 Å². The number of benzene rings is 8. The highest BCUT2D eigenvalue weighted by molar-refractivity contribution is 6.10. The van der Waals surface area contributed by atoms with Crippen LogP contribution in [0.3, 0.4) is 0 Å². The molecule has 0 fully saturated rings. The van der Waals surface area contributed by atoms with Gasteiger partial charge in [-0.3, -0.25) is 0 Å². The fourth-order valence-corrected chi connectivity index (χ4v) is 7.01. The minimum atomic E-state index is 1.11. The highest BCUT2D eigenvalue weighted by Gasteiger charge is 2.17. The Hall–Kier alpha value is -6.38. The van der Waals surface area contributed by atoms with Crippen LogP contribution in [0.4, 0.5) is 17.1 Å². The Kier molecular flexibility index (Phi) is 6.84. The molecule has 0 aliphatic rings. The number of nitrogens with zero attached hydrogens (tertiary/aromatic N) is 2. The van der Waals surface area contributed by atoms with Gasteiger partial charge < -0.3 is 9.47 Å². The van der Waals surface area contributed by atoms with Gasteiger partial charge in [-0.1, -0.05) is 127 Å². The standard InChI is InChI=1S/C46H32N2/c1-3-11-33(12-4-1)35-21-25-40(26-22-35)47(41-27-23-36(24-28-41)38-20-19-34-13-7-8-14-37(34)31-38)42-29-30-46-44(32-42)43-17-9-10-18-45(43)48(46)39-15-5-2-6-16-39/h1-32H. The van der Waals surface area contributed by atoms with E-state index in [1.165, 1.54) is 54.8 Å². The SMILES string of the molecule is c1ccc(-c2ccc(N(c3ccc(-c4ccc5ccccc5c4)cc3)c3ccc4c(c3)c3ccccc3n4-c3ccccc3)cc2)cc1. The van der Waals surface area contributed by atoms with Crippen molar-refractivity contribution in [2.24, 2.45) is 0 Å². The van der Waals surface area contributed by atoms with E-state index in [4.69, 9.17) is 0 Å². The molecule has 0 unspecified atom stereocenters. The Bertz CT molecular complexity index is 2530. The lowest BCUT2D eigenvalue weighted by Crippen LogP contribution is -2.10. The zero-order valence-electron chi connectivity index (χ0n) is 26.4. The molecular formula is C46H32N2. The molecule has 0 radical (unpaired) electrons. The molecule has 0 aliphatic heterocycles. The molecule has 0 saturated heterocycles. The molecule has 0 amide bonds. The van der Waals surface area contributed by atoms with Gasteiger partial charge >= 0.3 is 0 Å². The Labute approximate surface area is 280 Å². The molecule has 9 aromatic rings. The van der Waals surface area contributed by atoms with E-state index >= 15 is 0 Å². The van der Waals surface area contributed by atoms with Crippen molar-refractivity contribution in [2.75, 3.05) is 4.90 Å². The maximum Gasteiger partial charge on any atom is 0.0542 e. The van der Waals surface area contributed by atoms with Crippen LogP contribution in [0.15, 0.2) is 194 Å².